The summed E-state index contributed by atoms with van der Waals surface area (Å²) < 4.78 is 0. The summed E-state index contributed by atoms with van der Waals surface area (Å²) in [6, 6.07) is 21.2. The van der Waals surface area contributed by atoms with Gasteiger partial charge in [-0.05, 0) is 10.6 Å². The van der Waals surface area contributed by atoms with Gasteiger partial charge in [-0.1, -0.05) is 111 Å². The van der Waals surface area contributed by atoms with E-state index in [1.54, 1.807) is 0 Å². The Kier molecular flexibility index (Phi) is 23.2. The second-order valence-electron chi connectivity index (χ2n) is 5.01. The van der Waals surface area contributed by atoms with Crippen molar-refractivity contribution < 1.29 is 19.5 Å². The Labute approximate surface area is 165 Å². The van der Waals surface area contributed by atoms with Gasteiger partial charge in [-0.25, -0.2) is 0 Å². The minimum absolute atomic E-state index is 0. The largest absolute Gasteiger partial charge is 2.00 e. The van der Waals surface area contributed by atoms with Crippen LogP contribution in [-0.2, 0) is 19.5 Å². The molecule has 0 aliphatic heterocycles. The summed E-state index contributed by atoms with van der Waals surface area (Å²) in [7, 11) is 0.777. The third kappa shape index (κ3) is 23.2. The van der Waals surface area contributed by atoms with Crippen molar-refractivity contribution >= 4 is 19.2 Å². The fraction of sp³-hybridized carbons (Fsp3) is 0.273. The van der Waals surface area contributed by atoms with E-state index in [9.17, 15) is 0 Å². The third-order valence-electron chi connectivity index (χ3n) is 1.84. The van der Waals surface area contributed by atoms with Crippen molar-refractivity contribution in [2.75, 3.05) is 0 Å². The summed E-state index contributed by atoms with van der Waals surface area (Å²) in [4.78, 5) is 0. The van der Waals surface area contributed by atoms with Gasteiger partial charge in [-0.2, -0.15) is 0 Å². The minimum Gasteiger partial charge on any atom is -0.515 e. The molecule has 0 aliphatic rings. The molecular weight excluding hydrogens is 396 g/mol. The van der Waals surface area contributed by atoms with Crippen molar-refractivity contribution in [1.29, 1.82) is 0 Å². The molecule has 0 nitrogen and oxygen atoms in total. The first-order chi connectivity index (χ1) is 10.9. The SMILES string of the molecule is CC.[CH-]=C(C)C.[CH-]=C(C)C.[Ru+2].c1ccc(Pc2ccccc2)cc1. The molecule has 2 heteroatoms. The minimum atomic E-state index is 0. The van der Waals surface area contributed by atoms with Crippen LogP contribution in [0, 0.1) is 13.2 Å². The van der Waals surface area contributed by atoms with Crippen LogP contribution in [0.25, 0.3) is 0 Å². The quantitative estimate of drug-likeness (QED) is 0.308. The maximum absolute atomic E-state index is 5.03. The Bertz CT molecular complexity index is 461. The van der Waals surface area contributed by atoms with Crippen LogP contribution in [0.15, 0.2) is 71.8 Å². The van der Waals surface area contributed by atoms with Gasteiger partial charge in [0.1, 0.15) is 0 Å². The Morgan fingerprint density at radius 1 is 0.625 bits per heavy atom. The van der Waals surface area contributed by atoms with Crippen molar-refractivity contribution in [2.45, 2.75) is 41.5 Å². The molecule has 0 fully saturated rings. The second-order valence-corrected chi connectivity index (χ2v) is 6.42. The van der Waals surface area contributed by atoms with Crippen LogP contribution in [0.5, 0.6) is 0 Å². The molecule has 2 aromatic rings. The maximum atomic E-state index is 5.03. The Morgan fingerprint density at radius 2 is 0.833 bits per heavy atom. The van der Waals surface area contributed by atoms with Crippen LogP contribution in [-0.4, -0.2) is 0 Å². The van der Waals surface area contributed by atoms with Gasteiger partial charge in [0.15, 0.2) is 0 Å². The fourth-order valence-corrected chi connectivity index (χ4v) is 2.26. The van der Waals surface area contributed by atoms with Crippen molar-refractivity contribution in [3.05, 3.63) is 85.0 Å². The zero-order valence-electron chi connectivity index (χ0n) is 15.8. The molecule has 0 atom stereocenters. The molecule has 0 amide bonds. The summed E-state index contributed by atoms with van der Waals surface area (Å²) in [6.45, 7) is 21.5. The van der Waals surface area contributed by atoms with Crippen LogP contribution in [0.4, 0.5) is 0 Å². The van der Waals surface area contributed by atoms with Crippen LogP contribution in [0.3, 0.4) is 0 Å². The number of rotatable bonds is 2. The van der Waals surface area contributed by atoms with Crippen molar-refractivity contribution in [2.24, 2.45) is 0 Å². The zero-order valence-corrected chi connectivity index (χ0v) is 18.5. The topological polar surface area (TPSA) is 0 Å². The first-order valence-corrected chi connectivity index (χ1v) is 8.90. The molecule has 0 aliphatic carbocycles. The van der Waals surface area contributed by atoms with E-state index in [1.165, 1.54) is 10.6 Å². The molecule has 0 saturated carbocycles. The average Bonchev–Trinajstić information content (AvgIpc) is 2.50. The molecule has 2 rings (SSSR count). The summed E-state index contributed by atoms with van der Waals surface area (Å²) in [5.74, 6) is 0. The Morgan fingerprint density at radius 3 is 1.04 bits per heavy atom. The Balaban J connectivity index is -0.000000340. The number of allylic oxidation sites excluding steroid dienone is 2. The molecule has 0 heterocycles. The van der Waals surface area contributed by atoms with E-state index in [1.807, 2.05) is 41.5 Å². The van der Waals surface area contributed by atoms with Gasteiger partial charge in [-0.3, -0.25) is 11.1 Å². The molecule has 0 aromatic heterocycles. The molecule has 24 heavy (non-hydrogen) atoms. The van der Waals surface area contributed by atoms with E-state index in [2.05, 4.69) is 60.7 Å². The molecule has 0 N–H and O–H groups in total. The summed E-state index contributed by atoms with van der Waals surface area (Å²) in [5.41, 5.74) is 1.83. The number of hydrogen-bond acceptors (Lipinski definition) is 0. The standard InChI is InChI=1S/C12H11P.2C4H7.C2H6.Ru/c1-3-7-11(8-4-1)13-12-9-5-2-6-10-12;2*1-4(2)3;1-2;/h1-10,13H;2*1H,2-3H3;1-2H3;/q;2*-1;;+2. The van der Waals surface area contributed by atoms with Crippen molar-refractivity contribution in [3.8, 4) is 0 Å². The van der Waals surface area contributed by atoms with Crippen molar-refractivity contribution in [3.63, 3.8) is 0 Å². The summed E-state index contributed by atoms with van der Waals surface area (Å²) in [5, 5.41) is 2.79. The zero-order chi connectivity index (χ0) is 18.1. The van der Waals surface area contributed by atoms with Gasteiger partial charge in [0.25, 0.3) is 0 Å². The van der Waals surface area contributed by atoms with E-state index in [-0.39, 0.29) is 19.5 Å². The molecular formula is C22H31PRu. The van der Waals surface area contributed by atoms with Gasteiger partial charge in [0, 0.05) is 0 Å². The van der Waals surface area contributed by atoms with Crippen molar-refractivity contribution in [1.82, 2.24) is 0 Å². The van der Waals surface area contributed by atoms with Crippen LogP contribution < -0.4 is 10.6 Å². The molecule has 0 spiro atoms. The maximum Gasteiger partial charge on any atom is 2.00 e. The smallest absolute Gasteiger partial charge is 0.515 e. The van der Waals surface area contributed by atoms with E-state index in [0.29, 0.717) is 0 Å². The number of hydrogen-bond donors (Lipinski definition) is 0. The van der Waals surface area contributed by atoms with Gasteiger partial charge in [0.05, 0.1) is 0 Å². The predicted octanol–water partition coefficient (Wildman–Crippen LogP) is 6.11. The summed E-state index contributed by atoms with van der Waals surface area (Å²) in [6.07, 6.45) is 0. The van der Waals surface area contributed by atoms with Gasteiger partial charge in [0.2, 0.25) is 0 Å². The molecule has 0 unspecified atom stereocenters. The van der Waals surface area contributed by atoms with E-state index in [0.717, 1.165) is 19.7 Å². The molecule has 132 valence electrons. The van der Waals surface area contributed by atoms with Gasteiger partial charge in [-0.15, -0.1) is 0 Å². The third-order valence-corrected chi connectivity index (χ3v) is 3.08. The monoisotopic (exact) mass is 428 g/mol. The number of benzene rings is 2. The van der Waals surface area contributed by atoms with E-state index >= 15 is 0 Å². The fourth-order valence-electron chi connectivity index (χ4n) is 1.21. The molecule has 2 aromatic carbocycles. The Hall–Kier alpha value is -1.03. The van der Waals surface area contributed by atoms with Crippen LogP contribution in [0.1, 0.15) is 41.5 Å². The average molecular weight is 428 g/mol. The van der Waals surface area contributed by atoms with Gasteiger partial charge >= 0.3 is 19.5 Å². The van der Waals surface area contributed by atoms with E-state index in [4.69, 9.17) is 13.2 Å². The first kappa shape index (κ1) is 27.8. The normalized spacial score (nSPS) is 7.75. The van der Waals surface area contributed by atoms with Gasteiger partial charge < -0.3 is 13.2 Å². The predicted molar refractivity (Wildman–Crippen MR) is 110 cm³/mol. The van der Waals surface area contributed by atoms with Crippen LogP contribution >= 0.6 is 8.58 Å². The molecule has 0 radical (unpaired) electrons. The second kappa shape index (κ2) is 20.0. The summed E-state index contributed by atoms with van der Waals surface area (Å²) >= 11 is 0. The van der Waals surface area contributed by atoms with Crippen LogP contribution in [0.2, 0.25) is 0 Å². The molecule has 0 saturated heterocycles. The first-order valence-electron chi connectivity index (χ1n) is 7.90. The molecule has 0 bridgehead atoms. The van der Waals surface area contributed by atoms with E-state index < -0.39 is 0 Å².